The van der Waals surface area contributed by atoms with Crippen LogP contribution in [0.2, 0.25) is 0 Å². The summed E-state index contributed by atoms with van der Waals surface area (Å²) in [6, 6.07) is 2.21. The molecule has 0 radical (unpaired) electrons. The summed E-state index contributed by atoms with van der Waals surface area (Å²) in [5.41, 5.74) is 0. The van der Waals surface area contributed by atoms with Crippen LogP contribution in [-0.2, 0) is 9.59 Å². The molecule has 1 saturated heterocycles. The lowest BCUT2D eigenvalue weighted by Crippen LogP contribution is -2.50. The number of carbonyl (C=O) groups excluding carboxylic acids is 1. The van der Waals surface area contributed by atoms with Crippen LogP contribution in [0.25, 0.3) is 0 Å². The van der Waals surface area contributed by atoms with Crippen molar-refractivity contribution in [3.8, 4) is 6.07 Å². The monoisotopic (exact) mass is 424 g/mol. The zero-order valence-electron chi connectivity index (χ0n) is 16.0. The summed E-state index contributed by atoms with van der Waals surface area (Å²) in [6.45, 7) is 4.79. The second-order valence-electron chi connectivity index (χ2n) is 7.30. The molecule has 0 aromatic heterocycles. The molecule has 2 rings (SSSR count). The summed E-state index contributed by atoms with van der Waals surface area (Å²) in [5, 5.41) is 17.9. The Balaban J connectivity index is 0.000000480. The minimum absolute atomic E-state index is 0.0139. The fourth-order valence-corrected chi connectivity index (χ4v) is 4.38. The highest BCUT2D eigenvalue weighted by Gasteiger charge is 2.38. The molecule has 3 N–H and O–H groups in total. The number of thioether (sulfide) groups is 1. The maximum Gasteiger partial charge on any atom is 0.490 e. The molecule has 1 heterocycles. The number of carboxylic acids is 1. The van der Waals surface area contributed by atoms with E-state index in [1.165, 1.54) is 12.8 Å². The van der Waals surface area contributed by atoms with Crippen LogP contribution in [-0.4, -0.2) is 63.3 Å². The molecule has 1 saturated carbocycles. The van der Waals surface area contributed by atoms with Crippen molar-refractivity contribution >= 4 is 23.6 Å². The van der Waals surface area contributed by atoms with E-state index in [1.807, 2.05) is 0 Å². The van der Waals surface area contributed by atoms with Crippen molar-refractivity contribution < 1.29 is 27.9 Å². The summed E-state index contributed by atoms with van der Waals surface area (Å²) in [4.78, 5) is 22.8. The van der Waals surface area contributed by atoms with Crippen LogP contribution in [0.1, 0.15) is 39.5 Å². The molecule has 1 atom stereocenters. The number of hydrazine groups is 1. The Bertz CT molecular complexity index is 575. The molecule has 1 unspecified atom stereocenters. The van der Waals surface area contributed by atoms with Gasteiger partial charge < -0.3 is 10.0 Å². The predicted octanol–water partition coefficient (Wildman–Crippen LogP) is 2.44. The number of carboxylic acid groups (broad SMARTS) is 1. The van der Waals surface area contributed by atoms with Gasteiger partial charge in [0.15, 0.2) is 0 Å². The largest absolute Gasteiger partial charge is 0.490 e. The number of amides is 1. The Hall–Kier alpha value is -1.51. The Kier molecular flexibility index (Phi) is 9.53. The van der Waals surface area contributed by atoms with Crippen molar-refractivity contribution in [2.75, 3.05) is 18.2 Å². The average Bonchev–Trinajstić information content (AvgIpc) is 3.10. The quantitative estimate of drug-likeness (QED) is 0.527. The van der Waals surface area contributed by atoms with E-state index in [0.717, 1.165) is 24.7 Å². The normalized spacial score (nSPS) is 25.2. The van der Waals surface area contributed by atoms with Gasteiger partial charge >= 0.3 is 12.1 Å². The zero-order valence-corrected chi connectivity index (χ0v) is 16.8. The molecule has 1 aliphatic heterocycles. The van der Waals surface area contributed by atoms with Gasteiger partial charge in [0.2, 0.25) is 5.91 Å². The lowest BCUT2D eigenvalue weighted by atomic mass is 9.79. The maximum atomic E-state index is 12.3. The van der Waals surface area contributed by atoms with Gasteiger partial charge in [0.05, 0.1) is 18.5 Å². The highest BCUT2D eigenvalue weighted by molar-refractivity contribution is 7.99. The van der Waals surface area contributed by atoms with Gasteiger partial charge in [-0.25, -0.2) is 9.80 Å². The van der Waals surface area contributed by atoms with Crippen molar-refractivity contribution in [1.29, 1.82) is 5.26 Å². The first-order chi connectivity index (χ1) is 13.0. The van der Waals surface area contributed by atoms with E-state index in [-0.39, 0.29) is 18.5 Å². The molecule has 0 aromatic rings. The number of alkyl halides is 3. The fraction of sp³-hybridized carbons (Fsp3) is 0.824. The Morgan fingerprint density at radius 2 is 1.86 bits per heavy atom. The number of hydrogen-bond acceptors (Lipinski definition) is 6. The van der Waals surface area contributed by atoms with Gasteiger partial charge in [-0.15, -0.1) is 11.8 Å². The Morgan fingerprint density at radius 1 is 1.32 bits per heavy atom. The maximum absolute atomic E-state index is 12.3. The van der Waals surface area contributed by atoms with E-state index >= 15 is 0 Å². The molecule has 11 heteroatoms. The Morgan fingerprint density at radius 3 is 2.29 bits per heavy atom. The number of halogens is 3. The molecule has 0 spiro atoms. The van der Waals surface area contributed by atoms with E-state index in [0.29, 0.717) is 17.7 Å². The summed E-state index contributed by atoms with van der Waals surface area (Å²) < 4.78 is 31.7. The van der Waals surface area contributed by atoms with Gasteiger partial charge in [0.1, 0.15) is 6.04 Å². The lowest BCUT2D eigenvalue weighted by molar-refractivity contribution is -0.192. The molecule has 7 nitrogen and oxygen atoms in total. The number of nitrogens with two attached hydrogens (primary N) is 1. The van der Waals surface area contributed by atoms with Crippen LogP contribution >= 0.6 is 11.8 Å². The number of nitriles is 1. The molecule has 1 aliphatic carbocycles. The summed E-state index contributed by atoms with van der Waals surface area (Å²) in [6.07, 6.45) is -0.540. The van der Waals surface area contributed by atoms with E-state index in [1.54, 1.807) is 21.7 Å². The van der Waals surface area contributed by atoms with Crippen molar-refractivity contribution in [3.05, 3.63) is 0 Å². The van der Waals surface area contributed by atoms with Crippen molar-refractivity contribution in [3.63, 3.8) is 0 Å². The topological polar surface area (TPSA) is 111 Å². The van der Waals surface area contributed by atoms with Gasteiger partial charge in [-0.2, -0.15) is 18.4 Å². The number of carbonyl (C=O) groups is 2. The van der Waals surface area contributed by atoms with Crippen molar-refractivity contribution in [2.45, 2.75) is 57.8 Å². The van der Waals surface area contributed by atoms with Crippen LogP contribution in [0.4, 0.5) is 13.2 Å². The second-order valence-corrected chi connectivity index (χ2v) is 8.30. The minimum Gasteiger partial charge on any atom is -0.475 e. The number of aliphatic carboxylic acids is 1. The van der Waals surface area contributed by atoms with Crippen LogP contribution < -0.4 is 5.84 Å². The highest BCUT2D eigenvalue weighted by atomic mass is 32.2. The van der Waals surface area contributed by atoms with Crippen LogP contribution in [0.15, 0.2) is 0 Å². The fourth-order valence-electron chi connectivity index (χ4n) is 3.27. The first-order valence-electron chi connectivity index (χ1n) is 9.05. The number of hydrogen-bond donors (Lipinski definition) is 2. The van der Waals surface area contributed by atoms with Gasteiger partial charge in [-0.1, -0.05) is 13.8 Å². The lowest BCUT2D eigenvalue weighted by Gasteiger charge is -2.36. The van der Waals surface area contributed by atoms with Gasteiger partial charge in [0.25, 0.3) is 0 Å². The summed E-state index contributed by atoms with van der Waals surface area (Å²) in [7, 11) is 0. The molecule has 2 aliphatic rings. The number of rotatable bonds is 4. The molecule has 2 fully saturated rings. The smallest absolute Gasteiger partial charge is 0.475 e. The van der Waals surface area contributed by atoms with Gasteiger partial charge in [0, 0.05) is 11.8 Å². The van der Waals surface area contributed by atoms with Crippen LogP contribution in [0.3, 0.4) is 0 Å². The predicted molar refractivity (Wildman–Crippen MR) is 98.7 cm³/mol. The molecule has 0 aromatic carbocycles. The molecular formula is C17H27F3N4O3S. The van der Waals surface area contributed by atoms with Gasteiger partial charge in [-0.3, -0.25) is 10.6 Å². The third-order valence-electron chi connectivity index (χ3n) is 5.07. The molecule has 160 valence electrons. The van der Waals surface area contributed by atoms with E-state index in [2.05, 4.69) is 19.9 Å². The summed E-state index contributed by atoms with van der Waals surface area (Å²) in [5.74, 6) is 6.21. The van der Waals surface area contributed by atoms with Crippen LogP contribution in [0.5, 0.6) is 0 Å². The van der Waals surface area contributed by atoms with E-state index in [9.17, 15) is 18.0 Å². The summed E-state index contributed by atoms with van der Waals surface area (Å²) >= 11 is 1.63. The first-order valence-corrected chi connectivity index (χ1v) is 10.2. The SMILES string of the molecule is CC(C)C1CCC(N(N)CC(=O)N2CSCC2C#N)CC1.O=C(O)C(F)(F)F. The first kappa shape index (κ1) is 24.5. The second kappa shape index (κ2) is 10.9. The number of nitrogens with zero attached hydrogens (tertiary/aromatic N) is 3. The zero-order chi connectivity index (χ0) is 21.5. The van der Waals surface area contributed by atoms with E-state index < -0.39 is 12.1 Å². The molecule has 0 bridgehead atoms. The third-order valence-corrected chi connectivity index (χ3v) is 6.08. The molecular weight excluding hydrogens is 397 g/mol. The van der Waals surface area contributed by atoms with Gasteiger partial charge in [-0.05, 0) is 37.5 Å². The highest BCUT2D eigenvalue weighted by Crippen LogP contribution is 2.31. The average molecular weight is 424 g/mol. The molecule has 1 amide bonds. The third kappa shape index (κ3) is 7.48. The van der Waals surface area contributed by atoms with Crippen molar-refractivity contribution in [1.82, 2.24) is 9.91 Å². The van der Waals surface area contributed by atoms with Crippen molar-refractivity contribution in [2.24, 2.45) is 17.7 Å². The van der Waals surface area contributed by atoms with Crippen LogP contribution in [0, 0.1) is 23.2 Å². The Labute approximate surface area is 167 Å². The minimum atomic E-state index is -5.08. The van der Waals surface area contributed by atoms with E-state index in [4.69, 9.17) is 21.0 Å². The molecule has 28 heavy (non-hydrogen) atoms. The standard InChI is InChI=1S/C15H26N4OS.C2HF3O2/c1-11(2)12-3-5-13(6-4-12)19(17)8-15(20)18-10-21-9-14(18)7-16;3-2(4,5)1(6)7/h11-14H,3-6,8-10,17H2,1-2H3;(H,6,7).